The third-order valence-electron chi connectivity index (χ3n) is 1.26. The lowest BCUT2D eigenvalue weighted by atomic mass is 10.5. The van der Waals surface area contributed by atoms with Crippen LogP contribution >= 0.6 is 11.8 Å². The Morgan fingerprint density at radius 1 is 1.67 bits per heavy atom. The Morgan fingerprint density at radius 2 is 2.33 bits per heavy atom. The monoisotopic (exact) mass is 194 g/mol. The maximum atomic E-state index is 11.7. The van der Waals surface area contributed by atoms with Crippen LogP contribution in [0.4, 0.5) is 4.39 Å². The molecule has 0 aliphatic heterocycles. The van der Waals surface area contributed by atoms with Gasteiger partial charge in [-0.25, -0.2) is 0 Å². The first-order valence-electron chi connectivity index (χ1n) is 4.06. The molecule has 0 rings (SSSR count). The van der Waals surface area contributed by atoms with Crippen molar-refractivity contribution in [1.82, 2.24) is 0 Å². The van der Waals surface area contributed by atoms with Crippen LogP contribution in [0.1, 0.15) is 20.3 Å². The average Bonchev–Trinajstić information content (AvgIpc) is 2.05. The number of thioether (sulfide) groups is 1. The topological polar surface area (TPSA) is 26.3 Å². The molecule has 0 amide bonds. The van der Waals surface area contributed by atoms with E-state index in [-0.39, 0.29) is 17.9 Å². The van der Waals surface area contributed by atoms with Gasteiger partial charge in [-0.3, -0.25) is 9.18 Å². The molecule has 1 atom stereocenters. The number of hydrogen-bond acceptors (Lipinski definition) is 3. The number of halogens is 1. The SMILES string of the molecule is CCOC(=O)C(C)SCCCF. The number of carbonyl (C=O) groups is 1. The smallest absolute Gasteiger partial charge is 0.318 e. The predicted molar refractivity (Wildman–Crippen MR) is 49.1 cm³/mol. The Balaban J connectivity index is 3.42. The van der Waals surface area contributed by atoms with E-state index in [0.29, 0.717) is 18.8 Å². The number of carbonyl (C=O) groups excluding carboxylic acids is 1. The van der Waals surface area contributed by atoms with Crippen molar-refractivity contribution in [2.75, 3.05) is 19.0 Å². The zero-order chi connectivity index (χ0) is 9.40. The van der Waals surface area contributed by atoms with Gasteiger partial charge in [-0.05, 0) is 26.0 Å². The third kappa shape index (κ3) is 5.41. The van der Waals surface area contributed by atoms with E-state index in [4.69, 9.17) is 4.74 Å². The molecule has 1 unspecified atom stereocenters. The van der Waals surface area contributed by atoms with Gasteiger partial charge in [-0.15, -0.1) is 11.8 Å². The van der Waals surface area contributed by atoms with Crippen LogP contribution in [-0.4, -0.2) is 30.3 Å². The third-order valence-corrected chi connectivity index (χ3v) is 2.48. The number of ether oxygens (including phenoxy) is 1. The van der Waals surface area contributed by atoms with Crippen molar-refractivity contribution in [2.24, 2.45) is 0 Å². The quantitative estimate of drug-likeness (QED) is 0.478. The van der Waals surface area contributed by atoms with Crippen molar-refractivity contribution in [3.8, 4) is 0 Å². The second kappa shape index (κ2) is 7.40. The van der Waals surface area contributed by atoms with Crippen LogP contribution < -0.4 is 0 Å². The Kier molecular flexibility index (Phi) is 7.25. The van der Waals surface area contributed by atoms with Crippen LogP contribution in [0.2, 0.25) is 0 Å². The van der Waals surface area contributed by atoms with Gasteiger partial charge < -0.3 is 4.74 Å². The van der Waals surface area contributed by atoms with Crippen LogP contribution in [0, 0.1) is 0 Å². The molecule has 0 saturated heterocycles. The van der Waals surface area contributed by atoms with Gasteiger partial charge >= 0.3 is 5.97 Å². The predicted octanol–water partition coefficient (Wildman–Crippen LogP) is 2.03. The summed E-state index contributed by atoms with van der Waals surface area (Å²) in [5.74, 6) is 0.470. The molecule has 0 aliphatic rings. The molecule has 0 aromatic heterocycles. The molecule has 0 aromatic carbocycles. The molecule has 0 aromatic rings. The highest BCUT2D eigenvalue weighted by atomic mass is 32.2. The van der Waals surface area contributed by atoms with Crippen LogP contribution in [0.5, 0.6) is 0 Å². The first kappa shape index (κ1) is 11.8. The van der Waals surface area contributed by atoms with Gasteiger partial charge in [0.1, 0.15) is 0 Å². The summed E-state index contributed by atoms with van der Waals surface area (Å²) in [6.45, 7) is 3.65. The highest BCUT2D eigenvalue weighted by Crippen LogP contribution is 2.12. The zero-order valence-electron chi connectivity index (χ0n) is 7.51. The molecule has 2 nitrogen and oxygen atoms in total. The summed E-state index contributed by atoms with van der Waals surface area (Å²) >= 11 is 1.43. The van der Waals surface area contributed by atoms with Crippen molar-refractivity contribution < 1.29 is 13.9 Å². The van der Waals surface area contributed by atoms with Gasteiger partial charge in [-0.2, -0.15) is 0 Å². The molecule has 72 valence electrons. The summed E-state index contributed by atoms with van der Waals surface area (Å²) in [5, 5.41) is -0.170. The van der Waals surface area contributed by atoms with Crippen molar-refractivity contribution in [2.45, 2.75) is 25.5 Å². The van der Waals surface area contributed by atoms with Gasteiger partial charge in [-0.1, -0.05) is 0 Å². The van der Waals surface area contributed by atoms with Crippen molar-refractivity contribution >= 4 is 17.7 Å². The van der Waals surface area contributed by atoms with Gasteiger partial charge in [0.15, 0.2) is 0 Å². The molecule has 0 spiro atoms. The van der Waals surface area contributed by atoms with Crippen LogP contribution in [0.25, 0.3) is 0 Å². The fraction of sp³-hybridized carbons (Fsp3) is 0.875. The van der Waals surface area contributed by atoms with E-state index >= 15 is 0 Å². The summed E-state index contributed by atoms with van der Waals surface area (Å²) in [6, 6.07) is 0. The largest absolute Gasteiger partial charge is 0.465 e. The maximum absolute atomic E-state index is 11.7. The molecule has 0 radical (unpaired) electrons. The first-order valence-corrected chi connectivity index (χ1v) is 5.11. The minimum atomic E-state index is -0.317. The van der Waals surface area contributed by atoms with E-state index in [2.05, 4.69) is 0 Å². The Labute approximate surface area is 76.9 Å². The highest BCUT2D eigenvalue weighted by molar-refractivity contribution is 8.00. The normalized spacial score (nSPS) is 12.6. The molecule has 0 N–H and O–H groups in total. The van der Waals surface area contributed by atoms with Crippen molar-refractivity contribution in [3.63, 3.8) is 0 Å². The second-order valence-electron chi connectivity index (χ2n) is 2.31. The fourth-order valence-electron chi connectivity index (χ4n) is 0.642. The first-order chi connectivity index (χ1) is 5.72. The van der Waals surface area contributed by atoms with Crippen LogP contribution in [-0.2, 0) is 9.53 Å². The summed E-state index contributed by atoms with van der Waals surface area (Å²) in [4.78, 5) is 11.0. The molecule has 0 aliphatic carbocycles. The van der Waals surface area contributed by atoms with E-state index in [0.717, 1.165) is 0 Å². The van der Waals surface area contributed by atoms with Crippen LogP contribution in [0.15, 0.2) is 0 Å². The second-order valence-corrected chi connectivity index (χ2v) is 3.76. The van der Waals surface area contributed by atoms with Crippen molar-refractivity contribution in [1.29, 1.82) is 0 Å². The summed E-state index contributed by atoms with van der Waals surface area (Å²) in [5.41, 5.74) is 0. The molecular formula is C8H15FO2S. The Bertz CT molecular complexity index is 130. The lowest BCUT2D eigenvalue weighted by Gasteiger charge is -2.08. The minimum absolute atomic E-state index is 0.170. The molecule has 0 bridgehead atoms. The number of esters is 1. The Hall–Kier alpha value is -0.250. The standard InChI is InChI=1S/C8H15FO2S/c1-3-11-8(10)7(2)12-6-4-5-9/h7H,3-6H2,1-2H3. The average molecular weight is 194 g/mol. The fourth-order valence-corrected chi connectivity index (χ4v) is 1.48. The molecular weight excluding hydrogens is 179 g/mol. The van der Waals surface area contributed by atoms with E-state index in [1.54, 1.807) is 13.8 Å². The number of hydrogen-bond donors (Lipinski definition) is 0. The van der Waals surface area contributed by atoms with Gasteiger partial charge in [0.25, 0.3) is 0 Å². The van der Waals surface area contributed by atoms with E-state index in [1.165, 1.54) is 11.8 Å². The lowest BCUT2D eigenvalue weighted by Crippen LogP contribution is -2.17. The maximum Gasteiger partial charge on any atom is 0.318 e. The van der Waals surface area contributed by atoms with Gasteiger partial charge in [0.05, 0.1) is 18.5 Å². The number of alkyl halides is 1. The van der Waals surface area contributed by atoms with E-state index in [1.807, 2.05) is 0 Å². The van der Waals surface area contributed by atoms with Gasteiger partial charge in [0, 0.05) is 0 Å². The molecule has 4 heteroatoms. The van der Waals surface area contributed by atoms with Crippen LogP contribution in [0.3, 0.4) is 0 Å². The Morgan fingerprint density at radius 3 is 2.83 bits per heavy atom. The molecule has 12 heavy (non-hydrogen) atoms. The summed E-state index contributed by atoms with van der Waals surface area (Å²) in [7, 11) is 0. The summed E-state index contributed by atoms with van der Waals surface area (Å²) < 4.78 is 16.4. The lowest BCUT2D eigenvalue weighted by molar-refractivity contribution is -0.142. The highest BCUT2D eigenvalue weighted by Gasteiger charge is 2.13. The number of rotatable bonds is 6. The molecule has 0 saturated carbocycles. The zero-order valence-corrected chi connectivity index (χ0v) is 8.32. The molecule has 0 heterocycles. The van der Waals surface area contributed by atoms with Crippen molar-refractivity contribution in [3.05, 3.63) is 0 Å². The van der Waals surface area contributed by atoms with Gasteiger partial charge in [0.2, 0.25) is 0 Å². The molecule has 0 fully saturated rings. The van der Waals surface area contributed by atoms with E-state index in [9.17, 15) is 9.18 Å². The summed E-state index contributed by atoms with van der Waals surface area (Å²) in [6.07, 6.45) is 0.508. The minimum Gasteiger partial charge on any atom is -0.465 e. The van der Waals surface area contributed by atoms with E-state index < -0.39 is 0 Å².